The maximum atomic E-state index is 5.82. The number of pyridine rings is 1. The molecule has 1 aromatic heterocycles. The zero-order valence-electron chi connectivity index (χ0n) is 9.83. The molecular formula is C11H19ClN4. The van der Waals surface area contributed by atoms with E-state index in [0.29, 0.717) is 10.8 Å². The SMILES string of the molecule is CCN(CC)CCNc1ccnc(Cl)c1N. The molecule has 1 heterocycles. The standard InChI is InChI=1S/C11H19ClN4/c1-3-16(4-2)8-7-14-9-5-6-15-11(12)10(9)13/h5-6H,3-4,7-8,13H2,1-2H3,(H,14,15). The number of nitrogens with one attached hydrogen (secondary N) is 1. The van der Waals surface area contributed by atoms with Crippen molar-refractivity contribution in [3.63, 3.8) is 0 Å². The van der Waals surface area contributed by atoms with Gasteiger partial charge in [0.15, 0.2) is 5.15 Å². The van der Waals surface area contributed by atoms with Crippen LogP contribution in [0.4, 0.5) is 11.4 Å². The van der Waals surface area contributed by atoms with Gasteiger partial charge in [-0.2, -0.15) is 0 Å². The molecule has 4 nitrogen and oxygen atoms in total. The number of nitrogens with zero attached hydrogens (tertiary/aromatic N) is 2. The molecule has 0 unspecified atom stereocenters. The van der Waals surface area contributed by atoms with Crippen LogP contribution in [0.3, 0.4) is 0 Å². The van der Waals surface area contributed by atoms with E-state index in [0.717, 1.165) is 31.9 Å². The lowest BCUT2D eigenvalue weighted by Crippen LogP contribution is -2.28. The van der Waals surface area contributed by atoms with Crippen LogP contribution in [0, 0.1) is 0 Å². The van der Waals surface area contributed by atoms with Crippen molar-refractivity contribution in [3.8, 4) is 0 Å². The molecule has 1 aromatic rings. The fourth-order valence-electron chi connectivity index (χ4n) is 1.49. The molecule has 0 saturated carbocycles. The Morgan fingerprint density at radius 3 is 2.75 bits per heavy atom. The molecule has 0 aromatic carbocycles. The first-order chi connectivity index (χ1) is 7.69. The minimum absolute atomic E-state index is 0.354. The summed E-state index contributed by atoms with van der Waals surface area (Å²) in [5.41, 5.74) is 7.17. The van der Waals surface area contributed by atoms with Crippen LogP contribution in [0.15, 0.2) is 12.3 Å². The lowest BCUT2D eigenvalue weighted by molar-refractivity contribution is 0.316. The van der Waals surface area contributed by atoms with Crippen molar-refractivity contribution in [1.82, 2.24) is 9.88 Å². The Bertz CT molecular complexity index is 326. The minimum atomic E-state index is 0.354. The first-order valence-corrected chi connectivity index (χ1v) is 5.93. The Kier molecular flexibility index (Phi) is 5.35. The third kappa shape index (κ3) is 3.54. The van der Waals surface area contributed by atoms with Gasteiger partial charge in [0.25, 0.3) is 0 Å². The predicted molar refractivity (Wildman–Crippen MR) is 69.9 cm³/mol. The molecule has 3 N–H and O–H groups in total. The fourth-order valence-corrected chi connectivity index (χ4v) is 1.65. The molecule has 0 spiro atoms. The Hall–Kier alpha value is -1.00. The van der Waals surface area contributed by atoms with E-state index in [1.165, 1.54) is 0 Å². The smallest absolute Gasteiger partial charge is 0.153 e. The highest BCUT2D eigenvalue weighted by molar-refractivity contribution is 6.32. The summed E-state index contributed by atoms with van der Waals surface area (Å²) in [7, 11) is 0. The molecule has 0 aliphatic heterocycles. The van der Waals surface area contributed by atoms with Crippen molar-refractivity contribution in [1.29, 1.82) is 0 Å². The molecule has 1 rings (SSSR count). The van der Waals surface area contributed by atoms with Crippen LogP contribution < -0.4 is 11.1 Å². The van der Waals surface area contributed by atoms with Crippen LogP contribution >= 0.6 is 11.6 Å². The maximum absolute atomic E-state index is 5.82. The third-order valence-corrected chi connectivity index (χ3v) is 2.88. The number of hydrogen-bond acceptors (Lipinski definition) is 4. The highest BCUT2D eigenvalue weighted by Crippen LogP contribution is 2.23. The third-order valence-electron chi connectivity index (χ3n) is 2.58. The van der Waals surface area contributed by atoms with E-state index in [1.807, 2.05) is 6.07 Å². The summed E-state index contributed by atoms with van der Waals surface area (Å²) in [6.45, 7) is 8.27. The van der Waals surface area contributed by atoms with Gasteiger partial charge in [0.05, 0.1) is 11.4 Å². The molecule has 0 atom stereocenters. The largest absolute Gasteiger partial charge is 0.395 e. The van der Waals surface area contributed by atoms with Gasteiger partial charge in [0.2, 0.25) is 0 Å². The monoisotopic (exact) mass is 242 g/mol. The number of nitrogens with two attached hydrogens (primary N) is 1. The predicted octanol–water partition coefficient (Wildman–Crippen LogP) is 2.07. The van der Waals surface area contributed by atoms with Crippen molar-refractivity contribution in [3.05, 3.63) is 17.4 Å². The van der Waals surface area contributed by atoms with E-state index in [9.17, 15) is 0 Å². The van der Waals surface area contributed by atoms with Crippen LogP contribution in [-0.4, -0.2) is 36.1 Å². The molecule has 16 heavy (non-hydrogen) atoms. The van der Waals surface area contributed by atoms with Crippen LogP contribution in [0.5, 0.6) is 0 Å². The van der Waals surface area contributed by atoms with Crippen molar-refractivity contribution in [2.45, 2.75) is 13.8 Å². The first kappa shape index (κ1) is 13.1. The molecule has 0 bridgehead atoms. The second-order valence-electron chi connectivity index (χ2n) is 3.52. The fraction of sp³-hybridized carbons (Fsp3) is 0.545. The van der Waals surface area contributed by atoms with Crippen LogP contribution in [0.2, 0.25) is 5.15 Å². The van der Waals surface area contributed by atoms with Crippen molar-refractivity contribution in [2.75, 3.05) is 37.2 Å². The van der Waals surface area contributed by atoms with E-state index >= 15 is 0 Å². The van der Waals surface area contributed by atoms with E-state index in [-0.39, 0.29) is 0 Å². The Labute approximate surface area is 102 Å². The van der Waals surface area contributed by atoms with E-state index in [4.69, 9.17) is 17.3 Å². The summed E-state index contributed by atoms with van der Waals surface area (Å²) in [6.07, 6.45) is 1.65. The molecule has 0 aliphatic rings. The van der Waals surface area contributed by atoms with Crippen LogP contribution in [0.1, 0.15) is 13.8 Å². The van der Waals surface area contributed by atoms with Gasteiger partial charge in [0, 0.05) is 19.3 Å². The minimum Gasteiger partial charge on any atom is -0.395 e. The highest BCUT2D eigenvalue weighted by Gasteiger charge is 2.04. The summed E-state index contributed by atoms with van der Waals surface area (Å²) < 4.78 is 0. The van der Waals surface area contributed by atoms with Crippen molar-refractivity contribution in [2.24, 2.45) is 0 Å². The van der Waals surface area contributed by atoms with Crippen LogP contribution in [-0.2, 0) is 0 Å². The number of likely N-dealkylation sites (N-methyl/N-ethyl adjacent to an activating group) is 1. The second-order valence-corrected chi connectivity index (χ2v) is 3.87. The molecular weight excluding hydrogens is 224 g/mol. The molecule has 0 amide bonds. The van der Waals surface area contributed by atoms with Gasteiger partial charge < -0.3 is 16.0 Å². The summed E-state index contributed by atoms with van der Waals surface area (Å²) in [4.78, 5) is 6.24. The first-order valence-electron chi connectivity index (χ1n) is 5.55. The number of nitrogen functional groups attached to an aromatic ring is 1. The Morgan fingerprint density at radius 1 is 1.44 bits per heavy atom. The van der Waals surface area contributed by atoms with Crippen molar-refractivity contribution >= 4 is 23.0 Å². The van der Waals surface area contributed by atoms with E-state index in [2.05, 4.69) is 29.0 Å². The average Bonchev–Trinajstić information content (AvgIpc) is 2.30. The topological polar surface area (TPSA) is 54.2 Å². The lowest BCUT2D eigenvalue weighted by atomic mass is 10.3. The second kappa shape index (κ2) is 6.55. The van der Waals surface area contributed by atoms with E-state index in [1.54, 1.807) is 6.20 Å². The quantitative estimate of drug-likeness (QED) is 0.750. The average molecular weight is 243 g/mol. The van der Waals surface area contributed by atoms with Gasteiger partial charge in [-0.05, 0) is 19.2 Å². The Balaban J connectivity index is 2.46. The lowest BCUT2D eigenvalue weighted by Gasteiger charge is -2.18. The van der Waals surface area contributed by atoms with Crippen LogP contribution in [0.25, 0.3) is 0 Å². The maximum Gasteiger partial charge on any atom is 0.153 e. The van der Waals surface area contributed by atoms with Crippen molar-refractivity contribution < 1.29 is 0 Å². The summed E-state index contributed by atoms with van der Waals surface area (Å²) in [6, 6.07) is 1.84. The molecule has 90 valence electrons. The molecule has 0 aliphatic carbocycles. The molecule has 0 fully saturated rings. The van der Waals surface area contributed by atoms with Gasteiger partial charge in [-0.25, -0.2) is 4.98 Å². The number of aromatic nitrogens is 1. The number of halogens is 1. The van der Waals surface area contributed by atoms with E-state index < -0.39 is 0 Å². The van der Waals surface area contributed by atoms with Gasteiger partial charge in [0.1, 0.15) is 0 Å². The molecule has 0 radical (unpaired) electrons. The number of anilines is 2. The highest BCUT2D eigenvalue weighted by atomic mass is 35.5. The normalized spacial score (nSPS) is 10.8. The van der Waals surface area contributed by atoms with Gasteiger partial charge in [-0.15, -0.1) is 0 Å². The zero-order valence-corrected chi connectivity index (χ0v) is 10.6. The Morgan fingerprint density at radius 2 is 2.12 bits per heavy atom. The number of rotatable bonds is 6. The van der Waals surface area contributed by atoms with Gasteiger partial charge in [-0.3, -0.25) is 0 Å². The van der Waals surface area contributed by atoms with Gasteiger partial charge in [-0.1, -0.05) is 25.4 Å². The summed E-state index contributed by atoms with van der Waals surface area (Å²) >= 11 is 5.82. The molecule has 0 saturated heterocycles. The summed E-state index contributed by atoms with van der Waals surface area (Å²) in [5, 5.41) is 3.62. The number of hydrogen-bond donors (Lipinski definition) is 2. The summed E-state index contributed by atoms with van der Waals surface area (Å²) in [5.74, 6) is 0. The molecule has 5 heteroatoms. The zero-order chi connectivity index (χ0) is 12.0. The van der Waals surface area contributed by atoms with Gasteiger partial charge >= 0.3 is 0 Å².